The number of hydrogen-bond acceptors (Lipinski definition) is 3. The molecule has 0 bridgehead atoms. The van der Waals surface area contributed by atoms with Crippen LogP contribution in [0, 0.1) is 0 Å². The fourth-order valence-corrected chi connectivity index (χ4v) is 1.50. The minimum Gasteiger partial charge on any atom is -0.489 e. The lowest BCUT2D eigenvalue weighted by molar-refractivity contribution is -0.121. The SMILES string of the molecule is CNCCC(=O)NCC(C)Oc1ccc(Cl)cc1. The van der Waals surface area contributed by atoms with Crippen LogP contribution in [0.5, 0.6) is 5.75 Å². The van der Waals surface area contributed by atoms with E-state index >= 15 is 0 Å². The molecule has 0 fully saturated rings. The maximum Gasteiger partial charge on any atom is 0.221 e. The second kappa shape index (κ2) is 7.95. The lowest BCUT2D eigenvalue weighted by Gasteiger charge is -2.15. The average Bonchev–Trinajstić information content (AvgIpc) is 2.36. The van der Waals surface area contributed by atoms with Crippen LogP contribution in [0.25, 0.3) is 0 Å². The van der Waals surface area contributed by atoms with Gasteiger partial charge in [-0.15, -0.1) is 0 Å². The maximum absolute atomic E-state index is 11.4. The monoisotopic (exact) mass is 270 g/mol. The zero-order valence-corrected chi connectivity index (χ0v) is 11.5. The summed E-state index contributed by atoms with van der Waals surface area (Å²) in [6.45, 7) is 3.08. The lowest BCUT2D eigenvalue weighted by Crippen LogP contribution is -2.34. The number of nitrogens with one attached hydrogen (secondary N) is 2. The van der Waals surface area contributed by atoms with Crippen molar-refractivity contribution >= 4 is 17.5 Å². The van der Waals surface area contributed by atoms with Crippen LogP contribution in [0.4, 0.5) is 0 Å². The van der Waals surface area contributed by atoms with Crippen molar-refractivity contribution < 1.29 is 9.53 Å². The molecule has 0 aliphatic rings. The number of hydrogen-bond donors (Lipinski definition) is 2. The molecular weight excluding hydrogens is 252 g/mol. The molecule has 5 heteroatoms. The smallest absolute Gasteiger partial charge is 0.221 e. The Morgan fingerprint density at radius 3 is 2.67 bits per heavy atom. The van der Waals surface area contributed by atoms with Gasteiger partial charge in [-0.05, 0) is 38.2 Å². The molecule has 0 aliphatic carbocycles. The minimum atomic E-state index is -0.0790. The van der Waals surface area contributed by atoms with Gasteiger partial charge in [-0.3, -0.25) is 4.79 Å². The summed E-state index contributed by atoms with van der Waals surface area (Å²) in [4.78, 5) is 11.4. The number of carbonyl (C=O) groups is 1. The predicted molar refractivity (Wildman–Crippen MR) is 73.1 cm³/mol. The molecule has 100 valence electrons. The molecule has 1 atom stereocenters. The largest absolute Gasteiger partial charge is 0.489 e. The maximum atomic E-state index is 11.4. The number of rotatable bonds is 7. The summed E-state index contributed by atoms with van der Waals surface area (Å²) in [7, 11) is 1.82. The van der Waals surface area contributed by atoms with Gasteiger partial charge in [0.25, 0.3) is 0 Å². The van der Waals surface area contributed by atoms with Crippen molar-refractivity contribution in [1.29, 1.82) is 0 Å². The van der Waals surface area contributed by atoms with Crippen LogP contribution in [-0.2, 0) is 4.79 Å². The first-order chi connectivity index (χ1) is 8.61. The molecule has 0 aliphatic heterocycles. The first-order valence-corrected chi connectivity index (χ1v) is 6.33. The Morgan fingerprint density at radius 2 is 2.06 bits per heavy atom. The zero-order chi connectivity index (χ0) is 13.4. The highest BCUT2D eigenvalue weighted by molar-refractivity contribution is 6.30. The highest BCUT2D eigenvalue weighted by atomic mass is 35.5. The van der Waals surface area contributed by atoms with Crippen molar-refractivity contribution in [3.63, 3.8) is 0 Å². The Hall–Kier alpha value is -1.26. The van der Waals surface area contributed by atoms with Crippen molar-refractivity contribution in [2.75, 3.05) is 20.1 Å². The van der Waals surface area contributed by atoms with E-state index in [0.717, 1.165) is 5.75 Å². The zero-order valence-electron chi connectivity index (χ0n) is 10.7. The van der Waals surface area contributed by atoms with E-state index in [2.05, 4.69) is 10.6 Å². The van der Waals surface area contributed by atoms with Crippen LogP contribution in [-0.4, -0.2) is 32.1 Å². The first-order valence-electron chi connectivity index (χ1n) is 5.95. The number of carbonyl (C=O) groups excluding carboxylic acids is 1. The van der Waals surface area contributed by atoms with Crippen LogP contribution >= 0.6 is 11.6 Å². The number of halogens is 1. The second-order valence-electron chi connectivity index (χ2n) is 4.04. The Balaban J connectivity index is 2.27. The summed E-state index contributed by atoms with van der Waals surface area (Å²) < 4.78 is 5.64. The van der Waals surface area contributed by atoms with Crippen LogP contribution < -0.4 is 15.4 Å². The second-order valence-corrected chi connectivity index (χ2v) is 4.48. The molecule has 1 aromatic rings. The van der Waals surface area contributed by atoms with E-state index in [0.29, 0.717) is 24.5 Å². The number of amides is 1. The Bertz CT molecular complexity index is 368. The quantitative estimate of drug-likeness (QED) is 0.795. The molecular formula is C13H19ClN2O2. The molecule has 0 saturated carbocycles. The third-order valence-electron chi connectivity index (χ3n) is 2.34. The van der Waals surface area contributed by atoms with Gasteiger partial charge in [0.05, 0.1) is 6.54 Å². The van der Waals surface area contributed by atoms with Crippen molar-refractivity contribution in [2.24, 2.45) is 0 Å². The molecule has 0 spiro atoms. The van der Waals surface area contributed by atoms with Gasteiger partial charge in [0.15, 0.2) is 0 Å². The lowest BCUT2D eigenvalue weighted by atomic mass is 10.3. The van der Waals surface area contributed by atoms with E-state index in [1.807, 2.05) is 26.1 Å². The summed E-state index contributed by atoms with van der Waals surface area (Å²) in [6.07, 6.45) is 0.397. The summed E-state index contributed by atoms with van der Waals surface area (Å²) >= 11 is 5.78. The van der Waals surface area contributed by atoms with Crippen molar-refractivity contribution in [2.45, 2.75) is 19.4 Å². The van der Waals surface area contributed by atoms with Crippen molar-refractivity contribution in [1.82, 2.24) is 10.6 Å². The molecule has 1 unspecified atom stereocenters. The summed E-state index contributed by atoms with van der Waals surface area (Å²) in [5, 5.41) is 6.42. The predicted octanol–water partition coefficient (Wildman–Crippen LogP) is 1.83. The fraction of sp³-hybridized carbons (Fsp3) is 0.462. The van der Waals surface area contributed by atoms with Crippen molar-refractivity contribution in [3.8, 4) is 5.75 Å². The summed E-state index contributed by atoms with van der Waals surface area (Å²) in [5.41, 5.74) is 0. The Morgan fingerprint density at radius 1 is 1.39 bits per heavy atom. The highest BCUT2D eigenvalue weighted by Gasteiger charge is 2.06. The molecule has 0 radical (unpaired) electrons. The van der Waals surface area contributed by atoms with Gasteiger partial charge < -0.3 is 15.4 Å². The number of benzene rings is 1. The van der Waals surface area contributed by atoms with Crippen LogP contribution in [0.2, 0.25) is 5.02 Å². The molecule has 0 saturated heterocycles. The van der Waals surface area contributed by atoms with E-state index in [-0.39, 0.29) is 12.0 Å². The van der Waals surface area contributed by atoms with Crippen molar-refractivity contribution in [3.05, 3.63) is 29.3 Å². The first kappa shape index (κ1) is 14.8. The third-order valence-corrected chi connectivity index (χ3v) is 2.59. The molecule has 2 N–H and O–H groups in total. The Kier molecular flexibility index (Phi) is 6.54. The van der Waals surface area contributed by atoms with Gasteiger partial charge >= 0.3 is 0 Å². The van der Waals surface area contributed by atoms with Gasteiger partial charge in [-0.25, -0.2) is 0 Å². The molecule has 4 nitrogen and oxygen atoms in total. The topological polar surface area (TPSA) is 50.4 Å². The van der Waals surface area contributed by atoms with E-state index in [1.165, 1.54) is 0 Å². The van der Waals surface area contributed by atoms with Crippen LogP contribution in [0.3, 0.4) is 0 Å². The normalized spacial score (nSPS) is 11.9. The van der Waals surface area contributed by atoms with Gasteiger partial charge in [0.1, 0.15) is 11.9 Å². The van der Waals surface area contributed by atoms with Crippen LogP contribution in [0.1, 0.15) is 13.3 Å². The Labute approximate surface area is 113 Å². The van der Waals surface area contributed by atoms with E-state index in [4.69, 9.17) is 16.3 Å². The van der Waals surface area contributed by atoms with E-state index in [9.17, 15) is 4.79 Å². The minimum absolute atomic E-state index is 0.0240. The van der Waals surface area contributed by atoms with Gasteiger partial charge in [-0.2, -0.15) is 0 Å². The molecule has 1 amide bonds. The molecule has 1 aromatic carbocycles. The summed E-state index contributed by atoms with van der Waals surface area (Å²) in [6, 6.07) is 7.16. The number of ether oxygens (including phenoxy) is 1. The standard InChI is InChI=1S/C13H19ClN2O2/c1-10(9-16-13(17)7-8-15-2)18-12-5-3-11(14)4-6-12/h3-6,10,15H,7-9H2,1-2H3,(H,16,17). The van der Waals surface area contributed by atoms with Gasteiger partial charge in [0, 0.05) is 18.0 Å². The fourth-order valence-electron chi connectivity index (χ4n) is 1.37. The third kappa shape index (κ3) is 5.89. The van der Waals surface area contributed by atoms with Gasteiger partial charge in [-0.1, -0.05) is 11.6 Å². The van der Waals surface area contributed by atoms with Crippen LogP contribution in [0.15, 0.2) is 24.3 Å². The average molecular weight is 271 g/mol. The van der Waals surface area contributed by atoms with Gasteiger partial charge in [0.2, 0.25) is 5.91 Å². The van der Waals surface area contributed by atoms with E-state index in [1.54, 1.807) is 12.1 Å². The molecule has 18 heavy (non-hydrogen) atoms. The summed E-state index contributed by atoms with van der Waals surface area (Å²) in [5.74, 6) is 0.771. The highest BCUT2D eigenvalue weighted by Crippen LogP contribution is 2.16. The molecule has 0 aromatic heterocycles. The van der Waals surface area contributed by atoms with E-state index < -0.39 is 0 Å². The molecule has 1 rings (SSSR count). The molecule has 0 heterocycles.